The number of aromatic nitrogens is 2. The van der Waals surface area contributed by atoms with Crippen molar-refractivity contribution in [3.05, 3.63) is 15.9 Å². The maximum atomic E-state index is 11.8. The Morgan fingerprint density at radius 1 is 1.62 bits per heavy atom. The van der Waals surface area contributed by atoms with Gasteiger partial charge in [0, 0.05) is 14.2 Å². The Bertz CT molecular complexity index is 388. The highest BCUT2D eigenvalue weighted by atomic mass is 79.9. The van der Waals surface area contributed by atoms with Crippen LogP contribution in [0.3, 0.4) is 0 Å². The molecule has 0 aliphatic carbocycles. The van der Waals surface area contributed by atoms with Gasteiger partial charge in [-0.05, 0) is 29.3 Å². The third-order valence-corrected chi connectivity index (χ3v) is 3.57. The Morgan fingerprint density at radius 3 is 2.69 bits per heavy atom. The molecule has 0 fully saturated rings. The van der Waals surface area contributed by atoms with E-state index in [2.05, 4.69) is 21.0 Å². The smallest absolute Gasteiger partial charge is 0.167 e. The summed E-state index contributed by atoms with van der Waals surface area (Å²) in [5.74, 6) is 0.0638. The van der Waals surface area contributed by atoms with Crippen LogP contribution in [0.4, 0.5) is 0 Å². The highest BCUT2D eigenvalue weighted by Gasteiger charge is 2.19. The van der Waals surface area contributed by atoms with Crippen LogP contribution in [0.5, 0.6) is 0 Å². The summed E-state index contributed by atoms with van der Waals surface area (Å²) in [6.45, 7) is 3.80. The number of carbonyl (C=O) groups excluding carboxylic acids is 1. The minimum Gasteiger partial charge on any atom is -0.374 e. The standard InChI is InChI=1S/C11H17BrN2O2/c1-5-8-11(12)9(14(3)13-8)6-10(15)7(2)16-4/h7H,5-6H2,1-4H3. The van der Waals surface area contributed by atoms with Gasteiger partial charge in [-0.1, -0.05) is 6.92 Å². The summed E-state index contributed by atoms with van der Waals surface area (Å²) >= 11 is 3.49. The molecule has 1 unspecified atom stereocenters. The van der Waals surface area contributed by atoms with Crippen LogP contribution in [0.15, 0.2) is 4.47 Å². The Hall–Kier alpha value is -0.680. The summed E-state index contributed by atoms with van der Waals surface area (Å²) in [6, 6.07) is 0. The first-order chi connectivity index (χ1) is 7.51. The van der Waals surface area contributed by atoms with Crippen LogP contribution < -0.4 is 0 Å². The number of aryl methyl sites for hydroxylation is 2. The predicted molar refractivity (Wildman–Crippen MR) is 65.5 cm³/mol. The first kappa shape index (κ1) is 13.4. The van der Waals surface area contributed by atoms with Gasteiger partial charge in [-0.15, -0.1) is 0 Å². The van der Waals surface area contributed by atoms with Crippen LogP contribution in [0.1, 0.15) is 25.2 Å². The number of ether oxygens (including phenoxy) is 1. The average molecular weight is 289 g/mol. The van der Waals surface area contributed by atoms with Crippen LogP contribution in [0.2, 0.25) is 0 Å². The second kappa shape index (κ2) is 5.59. The number of hydrogen-bond donors (Lipinski definition) is 0. The van der Waals surface area contributed by atoms with Gasteiger partial charge in [0.05, 0.1) is 22.3 Å². The molecule has 0 aliphatic rings. The van der Waals surface area contributed by atoms with Crippen molar-refractivity contribution in [3.8, 4) is 0 Å². The normalized spacial score (nSPS) is 12.8. The molecule has 1 rings (SSSR count). The monoisotopic (exact) mass is 288 g/mol. The molecular weight excluding hydrogens is 272 g/mol. The molecule has 1 aromatic rings. The van der Waals surface area contributed by atoms with Crippen molar-refractivity contribution < 1.29 is 9.53 Å². The maximum absolute atomic E-state index is 11.8. The van der Waals surface area contributed by atoms with E-state index in [4.69, 9.17) is 4.74 Å². The molecule has 4 nitrogen and oxygen atoms in total. The van der Waals surface area contributed by atoms with Crippen molar-refractivity contribution in [3.63, 3.8) is 0 Å². The lowest BCUT2D eigenvalue weighted by Crippen LogP contribution is -2.22. The molecule has 1 heterocycles. The summed E-state index contributed by atoms with van der Waals surface area (Å²) in [6.07, 6.45) is 0.827. The zero-order valence-electron chi connectivity index (χ0n) is 10.1. The lowest BCUT2D eigenvalue weighted by Gasteiger charge is -2.08. The molecule has 16 heavy (non-hydrogen) atoms. The third kappa shape index (κ3) is 2.71. The van der Waals surface area contributed by atoms with E-state index in [0.29, 0.717) is 6.42 Å². The Kier molecular flexibility index (Phi) is 4.68. The van der Waals surface area contributed by atoms with Crippen molar-refractivity contribution in [1.82, 2.24) is 9.78 Å². The number of hydrogen-bond acceptors (Lipinski definition) is 3. The van der Waals surface area contributed by atoms with Gasteiger partial charge in [0.15, 0.2) is 5.78 Å². The number of ketones is 1. The molecule has 5 heteroatoms. The first-order valence-corrected chi connectivity index (χ1v) is 6.06. The zero-order valence-corrected chi connectivity index (χ0v) is 11.7. The fraction of sp³-hybridized carbons (Fsp3) is 0.636. The quantitative estimate of drug-likeness (QED) is 0.831. The lowest BCUT2D eigenvalue weighted by molar-refractivity contribution is -0.127. The number of carbonyl (C=O) groups is 1. The third-order valence-electron chi connectivity index (χ3n) is 2.65. The Balaban J connectivity index is 2.89. The highest BCUT2D eigenvalue weighted by Crippen LogP contribution is 2.22. The molecule has 0 spiro atoms. The van der Waals surface area contributed by atoms with Crippen LogP contribution >= 0.6 is 15.9 Å². The van der Waals surface area contributed by atoms with Crippen molar-refractivity contribution in [2.24, 2.45) is 7.05 Å². The fourth-order valence-corrected chi connectivity index (χ4v) is 2.21. The molecular formula is C11H17BrN2O2. The maximum Gasteiger partial charge on any atom is 0.167 e. The number of Topliss-reactive ketones (excluding diaryl/α,β-unsaturated/α-hetero) is 1. The van der Waals surface area contributed by atoms with Gasteiger partial charge in [0.2, 0.25) is 0 Å². The molecule has 1 atom stereocenters. The van der Waals surface area contributed by atoms with Gasteiger partial charge in [0.25, 0.3) is 0 Å². The Morgan fingerprint density at radius 2 is 2.25 bits per heavy atom. The van der Waals surface area contributed by atoms with Crippen molar-refractivity contribution in [2.75, 3.05) is 7.11 Å². The molecule has 0 saturated carbocycles. The summed E-state index contributed by atoms with van der Waals surface area (Å²) in [5.41, 5.74) is 1.89. The van der Waals surface area contributed by atoms with Crippen molar-refractivity contribution in [2.45, 2.75) is 32.8 Å². The average Bonchev–Trinajstić information content (AvgIpc) is 2.55. The van der Waals surface area contributed by atoms with Crippen molar-refractivity contribution in [1.29, 1.82) is 0 Å². The predicted octanol–water partition coefficient (Wildman–Crippen LogP) is 1.89. The lowest BCUT2D eigenvalue weighted by atomic mass is 10.1. The molecule has 0 saturated heterocycles. The second-order valence-corrected chi connectivity index (χ2v) is 4.50. The molecule has 0 amide bonds. The molecule has 0 radical (unpaired) electrons. The van der Waals surface area contributed by atoms with E-state index in [1.165, 1.54) is 0 Å². The van der Waals surface area contributed by atoms with Crippen LogP contribution in [0.25, 0.3) is 0 Å². The summed E-state index contributed by atoms with van der Waals surface area (Å²) in [7, 11) is 3.39. The van der Waals surface area contributed by atoms with E-state index >= 15 is 0 Å². The summed E-state index contributed by atoms with van der Waals surface area (Å²) in [5, 5.41) is 4.34. The molecule has 0 N–H and O–H groups in total. The topological polar surface area (TPSA) is 44.1 Å². The minimum atomic E-state index is -0.369. The van der Waals surface area contributed by atoms with Crippen LogP contribution in [-0.4, -0.2) is 28.8 Å². The van der Waals surface area contributed by atoms with Crippen molar-refractivity contribution >= 4 is 21.7 Å². The van der Waals surface area contributed by atoms with Gasteiger partial charge >= 0.3 is 0 Å². The van der Waals surface area contributed by atoms with E-state index in [0.717, 1.165) is 22.3 Å². The molecule has 0 aromatic carbocycles. The summed E-state index contributed by atoms with van der Waals surface area (Å²) < 4.78 is 7.69. The minimum absolute atomic E-state index is 0.0638. The number of methoxy groups -OCH3 is 1. The van der Waals surface area contributed by atoms with E-state index < -0.39 is 0 Å². The van der Waals surface area contributed by atoms with Crippen LogP contribution in [-0.2, 0) is 29.4 Å². The second-order valence-electron chi connectivity index (χ2n) is 3.71. The van der Waals surface area contributed by atoms with E-state index in [9.17, 15) is 4.79 Å². The number of rotatable bonds is 5. The van der Waals surface area contributed by atoms with Gasteiger partial charge in [-0.2, -0.15) is 5.10 Å². The highest BCUT2D eigenvalue weighted by molar-refractivity contribution is 9.10. The first-order valence-electron chi connectivity index (χ1n) is 5.27. The SMILES string of the molecule is CCc1nn(C)c(CC(=O)C(C)OC)c1Br. The number of halogens is 1. The van der Waals surface area contributed by atoms with E-state index in [1.807, 2.05) is 14.0 Å². The van der Waals surface area contributed by atoms with Gasteiger partial charge in [0.1, 0.15) is 6.10 Å². The fourth-order valence-electron chi connectivity index (χ4n) is 1.45. The van der Waals surface area contributed by atoms with Crippen LogP contribution in [0, 0.1) is 0 Å². The van der Waals surface area contributed by atoms with E-state index in [-0.39, 0.29) is 11.9 Å². The molecule has 0 aliphatic heterocycles. The van der Waals surface area contributed by atoms with Gasteiger partial charge in [-0.25, -0.2) is 0 Å². The Labute approximate surface area is 104 Å². The zero-order chi connectivity index (χ0) is 12.3. The molecule has 1 aromatic heterocycles. The van der Waals surface area contributed by atoms with Gasteiger partial charge < -0.3 is 4.74 Å². The summed E-state index contributed by atoms with van der Waals surface area (Å²) in [4.78, 5) is 11.8. The van der Waals surface area contributed by atoms with E-state index in [1.54, 1.807) is 18.7 Å². The molecule has 0 bridgehead atoms. The molecule has 90 valence electrons. The largest absolute Gasteiger partial charge is 0.374 e. The van der Waals surface area contributed by atoms with Gasteiger partial charge in [-0.3, -0.25) is 9.48 Å². The number of nitrogens with zero attached hydrogens (tertiary/aromatic N) is 2.